The third kappa shape index (κ3) is 4.12. The summed E-state index contributed by atoms with van der Waals surface area (Å²) in [6, 6.07) is 2.10. The summed E-state index contributed by atoms with van der Waals surface area (Å²) in [6.45, 7) is 6.57. The highest BCUT2D eigenvalue weighted by atomic mass is 16.5. The van der Waals surface area contributed by atoms with Crippen molar-refractivity contribution in [2.75, 3.05) is 19.6 Å². The largest absolute Gasteiger partial charge is 0.392 e. The first-order valence-corrected chi connectivity index (χ1v) is 10.3. The third-order valence-corrected chi connectivity index (χ3v) is 5.57. The second-order valence-corrected chi connectivity index (χ2v) is 7.87. The molecule has 152 valence electrons. The minimum Gasteiger partial charge on any atom is -0.392 e. The lowest BCUT2D eigenvalue weighted by molar-refractivity contribution is 0.0660. The molecule has 0 radical (unpaired) electrons. The standard InChI is InChI=1S/C20H29N5O3/c1-2-5-19-18(11-21-28-19)20(27)24-8-4-9-25-16(13-24)10-15(22-25)12-23-7-3-6-17(26)14-23/h10-11,17,26H,2-9,12-14H2,1H3. The number of likely N-dealkylation sites (tertiary alicyclic amines) is 1. The van der Waals surface area contributed by atoms with E-state index in [1.807, 2.05) is 9.58 Å². The van der Waals surface area contributed by atoms with Gasteiger partial charge in [-0.25, -0.2) is 0 Å². The van der Waals surface area contributed by atoms with Gasteiger partial charge in [0.2, 0.25) is 0 Å². The number of aliphatic hydroxyl groups excluding tert-OH is 1. The maximum Gasteiger partial charge on any atom is 0.259 e. The van der Waals surface area contributed by atoms with Gasteiger partial charge in [-0.1, -0.05) is 12.1 Å². The summed E-state index contributed by atoms with van der Waals surface area (Å²) in [4.78, 5) is 17.2. The number of carbonyl (C=O) groups excluding carboxylic acids is 1. The molecule has 8 nitrogen and oxygen atoms in total. The van der Waals surface area contributed by atoms with Crippen LogP contribution >= 0.6 is 0 Å². The van der Waals surface area contributed by atoms with Crippen LogP contribution in [0.15, 0.2) is 16.8 Å². The van der Waals surface area contributed by atoms with Crippen LogP contribution in [0.1, 0.15) is 60.1 Å². The number of rotatable bonds is 5. The Kier molecular flexibility index (Phi) is 5.77. The van der Waals surface area contributed by atoms with Crippen LogP contribution in [0.4, 0.5) is 0 Å². The maximum atomic E-state index is 13.0. The molecule has 1 amide bonds. The van der Waals surface area contributed by atoms with Crippen molar-refractivity contribution in [2.24, 2.45) is 0 Å². The summed E-state index contributed by atoms with van der Waals surface area (Å²) < 4.78 is 7.31. The van der Waals surface area contributed by atoms with Gasteiger partial charge in [0.1, 0.15) is 11.3 Å². The van der Waals surface area contributed by atoms with E-state index >= 15 is 0 Å². The van der Waals surface area contributed by atoms with E-state index in [1.165, 1.54) is 0 Å². The van der Waals surface area contributed by atoms with E-state index in [0.717, 1.165) is 63.1 Å². The monoisotopic (exact) mass is 387 g/mol. The summed E-state index contributed by atoms with van der Waals surface area (Å²) in [7, 11) is 0. The van der Waals surface area contributed by atoms with Crippen LogP contribution in [-0.4, -0.2) is 61.5 Å². The number of fused-ring (bicyclic) bond motifs is 1. The molecule has 1 saturated heterocycles. The van der Waals surface area contributed by atoms with Gasteiger partial charge in [0.05, 0.1) is 30.2 Å². The Balaban J connectivity index is 1.46. The van der Waals surface area contributed by atoms with E-state index in [4.69, 9.17) is 9.62 Å². The molecule has 8 heteroatoms. The molecular weight excluding hydrogens is 358 g/mol. The number of aryl methyl sites for hydroxylation is 2. The lowest BCUT2D eigenvalue weighted by Gasteiger charge is -2.29. The highest BCUT2D eigenvalue weighted by Gasteiger charge is 2.26. The molecule has 0 spiro atoms. The molecule has 28 heavy (non-hydrogen) atoms. The highest BCUT2D eigenvalue weighted by molar-refractivity contribution is 5.94. The van der Waals surface area contributed by atoms with Crippen molar-refractivity contribution in [1.82, 2.24) is 24.7 Å². The van der Waals surface area contributed by atoms with Crippen molar-refractivity contribution >= 4 is 5.91 Å². The summed E-state index contributed by atoms with van der Waals surface area (Å²) in [5.74, 6) is 0.662. The molecule has 2 aliphatic heterocycles. The van der Waals surface area contributed by atoms with Crippen LogP contribution in [0.5, 0.6) is 0 Å². The predicted octanol–water partition coefficient (Wildman–Crippen LogP) is 1.83. The first-order chi connectivity index (χ1) is 13.6. The average molecular weight is 387 g/mol. The van der Waals surface area contributed by atoms with Crippen LogP contribution in [-0.2, 0) is 26.1 Å². The normalized spacial score (nSPS) is 20.8. The Morgan fingerprint density at radius 2 is 2.21 bits per heavy atom. The van der Waals surface area contributed by atoms with E-state index in [0.29, 0.717) is 31.0 Å². The van der Waals surface area contributed by atoms with Crippen molar-refractivity contribution in [3.05, 3.63) is 35.0 Å². The van der Waals surface area contributed by atoms with Gasteiger partial charge in [-0.2, -0.15) is 5.10 Å². The zero-order valence-corrected chi connectivity index (χ0v) is 16.5. The maximum absolute atomic E-state index is 13.0. The molecule has 0 aromatic carbocycles. The van der Waals surface area contributed by atoms with Crippen molar-refractivity contribution in [2.45, 2.75) is 64.8 Å². The smallest absolute Gasteiger partial charge is 0.259 e. The number of amides is 1. The molecule has 0 aliphatic carbocycles. The van der Waals surface area contributed by atoms with Crippen LogP contribution < -0.4 is 0 Å². The minimum absolute atomic E-state index is 0.0138. The number of aromatic nitrogens is 3. The lowest BCUT2D eigenvalue weighted by atomic mass is 10.1. The van der Waals surface area contributed by atoms with Gasteiger partial charge < -0.3 is 14.5 Å². The van der Waals surface area contributed by atoms with Crippen molar-refractivity contribution in [3.8, 4) is 0 Å². The quantitative estimate of drug-likeness (QED) is 0.842. The second kappa shape index (κ2) is 8.45. The van der Waals surface area contributed by atoms with Crippen molar-refractivity contribution in [1.29, 1.82) is 0 Å². The van der Waals surface area contributed by atoms with E-state index in [2.05, 4.69) is 23.0 Å². The Hall–Kier alpha value is -2.19. The number of hydrogen-bond acceptors (Lipinski definition) is 6. The molecule has 4 rings (SSSR count). The second-order valence-electron chi connectivity index (χ2n) is 7.87. The zero-order chi connectivity index (χ0) is 19.5. The molecule has 0 saturated carbocycles. The SMILES string of the molecule is CCCc1oncc1C(=O)N1CCCn2nc(CN3CCCC(O)C3)cc2C1. The van der Waals surface area contributed by atoms with Crippen LogP contribution in [0.3, 0.4) is 0 Å². The molecule has 2 aliphatic rings. The molecule has 0 bridgehead atoms. The molecule has 1 fully saturated rings. The minimum atomic E-state index is -0.233. The molecule has 2 aromatic heterocycles. The van der Waals surface area contributed by atoms with Crippen molar-refractivity contribution in [3.63, 3.8) is 0 Å². The van der Waals surface area contributed by atoms with Crippen LogP contribution in [0.25, 0.3) is 0 Å². The number of hydrogen-bond donors (Lipinski definition) is 1. The highest BCUT2D eigenvalue weighted by Crippen LogP contribution is 2.20. The molecule has 2 aromatic rings. The molecule has 1 unspecified atom stereocenters. The van der Waals surface area contributed by atoms with E-state index in [-0.39, 0.29) is 12.0 Å². The fourth-order valence-corrected chi connectivity index (χ4v) is 4.19. The zero-order valence-electron chi connectivity index (χ0n) is 16.5. The molecule has 4 heterocycles. The first-order valence-electron chi connectivity index (χ1n) is 10.3. The van der Waals surface area contributed by atoms with Gasteiger partial charge in [0.25, 0.3) is 5.91 Å². The number of β-amino-alcohol motifs (C(OH)–C–C–N with tert-alkyl or cyclic N) is 1. The Morgan fingerprint density at radius 3 is 3.04 bits per heavy atom. The number of nitrogens with zero attached hydrogens (tertiary/aromatic N) is 5. The van der Waals surface area contributed by atoms with Gasteiger partial charge >= 0.3 is 0 Å². The van der Waals surface area contributed by atoms with Gasteiger partial charge in [0, 0.05) is 32.6 Å². The predicted molar refractivity (Wildman–Crippen MR) is 103 cm³/mol. The first kappa shape index (κ1) is 19.1. The van der Waals surface area contributed by atoms with E-state index in [9.17, 15) is 9.90 Å². The third-order valence-electron chi connectivity index (χ3n) is 5.57. The fraction of sp³-hybridized carbons (Fsp3) is 0.650. The number of piperidine rings is 1. The fourth-order valence-electron chi connectivity index (χ4n) is 4.19. The Bertz CT molecular complexity index is 815. The van der Waals surface area contributed by atoms with Gasteiger partial charge in [-0.3, -0.25) is 14.4 Å². The van der Waals surface area contributed by atoms with Gasteiger partial charge in [0.15, 0.2) is 0 Å². The molecule has 1 atom stereocenters. The average Bonchev–Trinajstić information content (AvgIpc) is 3.23. The van der Waals surface area contributed by atoms with Crippen LogP contribution in [0.2, 0.25) is 0 Å². The molecule has 1 N–H and O–H groups in total. The van der Waals surface area contributed by atoms with Crippen molar-refractivity contribution < 1.29 is 14.4 Å². The lowest BCUT2D eigenvalue weighted by Crippen LogP contribution is -2.37. The Labute approximate surface area is 165 Å². The Morgan fingerprint density at radius 1 is 1.32 bits per heavy atom. The summed E-state index contributed by atoms with van der Waals surface area (Å²) >= 11 is 0. The number of carbonyl (C=O) groups is 1. The summed E-state index contributed by atoms with van der Waals surface area (Å²) in [6.07, 6.45) is 5.73. The van der Waals surface area contributed by atoms with Crippen LogP contribution in [0, 0.1) is 0 Å². The van der Waals surface area contributed by atoms with E-state index < -0.39 is 0 Å². The van der Waals surface area contributed by atoms with Gasteiger partial charge in [-0.05, 0) is 38.3 Å². The molecular formula is C20H29N5O3. The number of aliphatic hydroxyl groups is 1. The topological polar surface area (TPSA) is 87.6 Å². The van der Waals surface area contributed by atoms with Gasteiger partial charge in [-0.15, -0.1) is 0 Å². The summed E-state index contributed by atoms with van der Waals surface area (Å²) in [5, 5.41) is 18.5. The van der Waals surface area contributed by atoms with E-state index in [1.54, 1.807) is 6.20 Å². The summed E-state index contributed by atoms with van der Waals surface area (Å²) in [5.41, 5.74) is 2.65.